The summed E-state index contributed by atoms with van der Waals surface area (Å²) in [5.41, 5.74) is 0.948. The van der Waals surface area contributed by atoms with Crippen LogP contribution in [-0.2, 0) is 10.0 Å². The van der Waals surface area contributed by atoms with Crippen molar-refractivity contribution in [2.75, 3.05) is 4.72 Å². The molecule has 0 saturated heterocycles. The molecule has 0 aliphatic rings. The highest BCUT2D eigenvalue weighted by Crippen LogP contribution is 2.18. The van der Waals surface area contributed by atoms with Crippen molar-refractivity contribution in [2.24, 2.45) is 0 Å². The summed E-state index contributed by atoms with van der Waals surface area (Å²) in [4.78, 5) is 7.57. The van der Waals surface area contributed by atoms with Gasteiger partial charge >= 0.3 is 0 Å². The van der Waals surface area contributed by atoms with Crippen LogP contribution in [0.4, 0.5) is 5.69 Å². The number of hydrogen-bond donors (Lipinski definition) is 2. The highest BCUT2D eigenvalue weighted by Gasteiger charge is 2.14. The van der Waals surface area contributed by atoms with Crippen LogP contribution >= 0.6 is 0 Å². The molecule has 6 nitrogen and oxygen atoms in total. The van der Waals surface area contributed by atoms with Crippen LogP contribution in [0, 0.1) is 0 Å². The second-order valence-corrected chi connectivity index (χ2v) is 5.66. The van der Waals surface area contributed by atoms with E-state index < -0.39 is 16.1 Å². The van der Waals surface area contributed by atoms with Crippen molar-refractivity contribution in [3.8, 4) is 0 Å². The minimum atomic E-state index is -3.67. The number of aromatic nitrogens is 2. The Morgan fingerprint density at radius 1 is 1.16 bits per heavy atom. The lowest BCUT2D eigenvalue weighted by molar-refractivity contribution is 0.199. The first kappa shape index (κ1) is 13.4. The molecule has 0 spiro atoms. The van der Waals surface area contributed by atoms with E-state index in [9.17, 15) is 13.5 Å². The number of nitrogens with one attached hydrogen (secondary N) is 1. The molecule has 1 unspecified atom stereocenters. The van der Waals surface area contributed by atoms with Crippen molar-refractivity contribution in [3.05, 3.63) is 48.5 Å². The topological polar surface area (TPSA) is 92.2 Å². The van der Waals surface area contributed by atoms with Crippen LogP contribution in [0.25, 0.3) is 0 Å². The van der Waals surface area contributed by atoms with Gasteiger partial charge in [0, 0.05) is 0 Å². The van der Waals surface area contributed by atoms with E-state index in [0.29, 0.717) is 11.3 Å². The maximum Gasteiger partial charge on any atom is 0.261 e. The largest absolute Gasteiger partial charge is 0.389 e. The van der Waals surface area contributed by atoms with Gasteiger partial charge in [0.2, 0.25) is 0 Å². The van der Waals surface area contributed by atoms with Crippen LogP contribution in [0.15, 0.2) is 47.9 Å². The number of anilines is 1. The molecule has 0 amide bonds. The molecule has 1 aromatic carbocycles. The Morgan fingerprint density at radius 2 is 1.74 bits per heavy atom. The Balaban J connectivity index is 2.25. The van der Waals surface area contributed by atoms with Gasteiger partial charge in [0.1, 0.15) is 6.33 Å². The molecule has 100 valence electrons. The minimum Gasteiger partial charge on any atom is -0.389 e. The Hall–Kier alpha value is -1.99. The molecule has 2 aromatic rings. The van der Waals surface area contributed by atoms with E-state index in [4.69, 9.17) is 0 Å². The second-order valence-electron chi connectivity index (χ2n) is 3.98. The van der Waals surface area contributed by atoms with Crippen LogP contribution in [0.3, 0.4) is 0 Å². The molecule has 0 bridgehead atoms. The predicted molar refractivity (Wildman–Crippen MR) is 69.9 cm³/mol. The number of nitrogens with zero attached hydrogens (tertiary/aromatic N) is 2. The van der Waals surface area contributed by atoms with Gasteiger partial charge in [-0.25, -0.2) is 18.4 Å². The Morgan fingerprint density at radius 3 is 2.26 bits per heavy atom. The molecular formula is C12H13N3O3S. The van der Waals surface area contributed by atoms with Crippen molar-refractivity contribution in [2.45, 2.75) is 17.9 Å². The maximum absolute atomic E-state index is 12.1. The fourth-order valence-corrected chi connectivity index (χ4v) is 2.52. The quantitative estimate of drug-likeness (QED) is 0.880. The number of sulfonamides is 1. The van der Waals surface area contributed by atoms with Crippen LogP contribution in [0.1, 0.15) is 18.6 Å². The average Bonchev–Trinajstić information content (AvgIpc) is 2.39. The Labute approximate surface area is 111 Å². The van der Waals surface area contributed by atoms with E-state index in [1.165, 1.54) is 30.9 Å². The number of benzene rings is 1. The molecule has 0 radical (unpaired) electrons. The number of aliphatic hydroxyl groups excluding tert-OH is 1. The molecule has 0 fully saturated rings. The zero-order valence-corrected chi connectivity index (χ0v) is 11.0. The van der Waals surface area contributed by atoms with Crippen LogP contribution in [0.5, 0.6) is 0 Å². The standard InChI is InChI=1S/C12H13N3O3S/c1-9(16)10-2-4-12(5-3-10)19(17,18)15-11-6-13-8-14-7-11/h2-9,15-16H,1H3. The highest BCUT2D eigenvalue weighted by molar-refractivity contribution is 7.92. The van der Waals surface area contributed by atoms with Crippen LogP contribution < -0.4 is 4.72 Å². The van der Waals surface area contributed by atoms with Gasteiger partial charge in [0.05, 0.1) is 29.1 Å². The van der Waals surface area contributed by atoms with E-state index in [0.717, 1.165) is 0 Å². The summed E-state index contributed by atoms with van der Waals surface area (Å²) in [5.74, 6) is 0. The number of aliphatic hydroxyl groups is 1. The molecule has 1 atom stereocenters. The molecule has 2 N–H and O–H groups in total. The summed E-state index contributed by atoms with van der Waals surface area (Å²) < 4.78 is 26.5. The van der Waals surface area contributed by atoms with Gasteiger partial charge in [-0.05, 0) is 24.6 Å². The normalized spacial score (nSPS) is 12.9. The highest BCUT2D eigenvalue weighted by atomic mass is 32.2. The zero-order valence-electron chi connectivity index (χ0n) is 10.2. The lowest BCUT2D eigenvalue weighted by atomic mass is 10.1. The first-order valence-corrected chi connectivity index (χ1v) is 7.03. The Bertz CT molecular complexity index is 640. The zero-order chi connectivity index (χ0) is 13.9. The SMILES string of the molecule is CC(O)c1ccc(S(=O)(=O)Nc2cncnc2)cc1. The molecule has 2 rings (SSSR count). The molecule has 1 heterocycles. The fourth-order valence-electron chi connectivity index (χ4n) is 1.49. The smallest absolute Gasteiger partial charge is 0.261 e. The van der Waals surface area contributed by atoms with Gasteiger partial charge < -0.3 is 5.11 Å². The van der Waals surface area contributed by atoms with Crippen LogP contribution in [-0.4, -0.2) is 23.5 Å². The van der Waals surface area contributed by atoms with Gasteiger partial charge in [0.25, 0.3) is 10.0 Å². The predicted octanol–water partition coefficient (Wildman–Crippen LogP) is 1.33. The average molecular weight is 279 g/mol. The van der Waals surface area contributed by atoms with Gasteiger partial charge in [-0.15, -0.1) is 0 Å². The maximum atomic E-state index is 12.1. The number of hydrogen-bond acceptors (Lipinski definition) is 5. The lowest BCUT2D eigenvalue weighted by Gasteiger charge is -2.09. The number of rotatable bonds is 4. The second kappa shape index (κ2) is 5.33. The van der Waals surface area contributed by atoms with Crippen molar-refractivity contribution in [1.82, 2.24) is 9.97 Å². The van der Waals surface area contributed by atoms with Crippen molar-refractivity contribution < 1.29 is 13.5 Å². The fraction of sp³-hybridized carbons (Fsp3) is 0.167. The van der Waals surface area contributed by atoms with Crippen molar-refractivity contribution in [1.29, 1.82) is 0 Å². The third-order valence-electron chi connectivity index (χ3n) is 2.49. The van der Waals surface area contributed by atoms with Crippen LogP contribution in [0.2, 0.25) is 0 Å². The van der Waals surface area contributed by atoms with Crippen molar-refractivity contribution in [3.63, 3.8) is 0 Å². The van der Waals surface area contributed by atoms with Gasteiger partial charge in [-0.3, -0.25) is 4.72 Å². The molecule has 0 aliphatic carbocycles. The molecule has 19 heavy (non-hydrogen) atoms. The van der Waals surface area contributed by atoms with E-state index >= 15 is 0 Å². The van der Waals surface area contributed by atoms with E-state index in [1.807, 2.05) is 0 Å². The van der Waals surface area contributed by atoms with Gasteiger partial charge in [0.15, 0.2) is 0 Å². The summed E-state index contributed by atoms with van der Waals surface area (Å²) >= 11 is 0. The third-order valence-corrected chi connectivity index (χ3v) is 3.88. The lowest BCUT2D eigenvalue weighted by Crippen LogP contribution is -2.13. The first-order chi connectivity index (χ1) is 8.99. The summed E-state index contributed by atoms with van der Waals surface area (Å²) in [7, 11) is -3.67. The van der Waals surface area contributed by atoms with Crippen molar-refractivity contribution >= 4 is 15.7 Å². The summed E-state index contributed by atoms with van der Waals surface area (Å²) in [6.45, 7) is 1.61. The molecule has 7 heteroatoms. The molecule has 1 aromatic heterocycles. The summed E-state index contributed by atoms with van der Waals surface area (Å²) in [6.07, 6.45) is 3.42. The Kier molecular flexibility index (Phi) is 3.77. The van der Waals surface area contributed by atoms with E-state index in [-0.39, 0.29) is 4.90 Å². The first-order valence-electron chi connectivity index (χ1n) is 5.55. The molecule has 0 saturated carbocycles. The van der Waals surface area contributed by atoms with E-state index in [2.05, 4.69) is 14.7 Å². The monoisotopic (exact) mass is 279 g/mol. The molecule has 0 aliphatic heterocycles. The van der Waals surface area contributed by atoms with E-state index in [1.54, 1.807) is 19.1 Å². The van der Waals surface area contributed by atoms with Gasteiger partial charge in [-0.2, -0.15) is 0 Å². The van der Waals surface area contributed by atoms with Gasteiger partial charge in [-0.1, -0.05) is 12.1 Å². The summed E-state index contributed by atoms with van der Waals surface area (Å²) in [6, 6.07) is 6.02. The third kappa shape index (κ3) is 3.27. The minimum absolute atomic E-state index is 0.112. The summed E-state index contributed by atoms with van der Waals surface area (Å²) in [5, 5.41) is 9.37. The molecular weight excluding hydrogens is 266 g/mol.